The molecule has 0 aliphatic heterocycles. The SMILES string of the molecule is CCOC(=O)c1cn(-c2ccc(F)cc2)c(=O)c2ccccc12. The van der Waals surface area contributed by atoms with Gasteiger partial charge >= 0.3 is 5.97 Å². The molecule has 0 aliphatic carbocycles. The van der Waals surface area contributed by atoms with Gasteiger partial charge in [-0.3, -0.25) is 9.36 Å². The second kappa shape index (κ2) is 6.04. The van der Waals surface area contributed by atoms with Crippen molar-refractivity contribution in [1.82, 2.24) is 4.57 Å². The van der Waals surface area contributed by atoms with Crippen molar-refractivity contribution in [2.75, 3.05) is 6.61 Å². The smallest absolute Gasteiger partial charge is 0.340 e. The fourth-order valence-electron chi connectivity index (χ4n) is 2.46. The summed E-state index contributed by atoms with van der Waals surface area (Å²) in [6.45, 7) is 1.96. The number of aromatic nitrogens is 1. The van der Waals surface area contributed by atoms with Crippen LogP contribution in [0.2, 0.25) is 0 Å². The Morgan fingerprint density at radius 1 is 1.09 bits per heavy atom. The summed E-state index contributed by atoms with van der Waals surface area (Å²) < 4.78 is 19.5. The summed E-state index contributed by atoms with van der Waals surface area (Å²) in [6, 6.07) is 12.3. The molecule has 0 N–H and O–H groups in total. The number of carbonyl (C=O) groups is 1. The van der Waals surface area contributed by atoms with Crippen LogP contribution in [0.3, 0.4) is 0 Å². The van der Waals surface area contributed by atoms with Crippen molar-refractivity contribution >= 4 is 16.7 Å². The Hall–Kier alpha value is -2.95. The lowest BCUT2D eigenvalue weighted by atomic mass is 10.1. The van der Waals surface area contributed by atoms with Crippen molar-refractivity contribution < 1.29 is 13.9 Å². The molecule has 0 atom stereocenters. The maximum atomic E-state index is 13.1. The van der Waals surface area contributed by atoms with Crippen LogP contribution < -0.4 is 5.56 Å². The number of halogens is 1. The monoisotopic (exact) mass is 311 g/mol. The standard InChI is InChI=1S/C18H14FNO3/c1-2-23-18(22)16-11-20(13-9-7-12(19)8-10-13)17(21)15-6-4-3-5-14(15)16/h3-11H,2H2,1H3. The Bertz CT molecular complexity index is 929. The molecule has 4 nitrogen and oxygen atoms in total. The van der Waals surface area contributed by atoms with Crippen LogP contribution in [0.4, 0.5) is 4.39 Å². The zero-order chi connectivity index (χ0) is 16.4. The van der Waals surface area contributed by atoms with Crippen molar-refractivity contribution in [2.24, 2.45) is 0 Å². The van der Waals surface area contributed by atoms with Crippen LogP contribution in [0.5, 0.6) is 0 Å². The van der Waals surface area contributed by atoms with Crippen LogP contribution in [-0.4, -0.2) is 17.1 Å². The van der Waals surface area contributed by atoms with Gasteiger partial charge < -0.3 is 4.74 Å². The molecular formula is C18H14FNO3. The molecule has 3 aromatic rings. The number of hydrogen-bond donors (Lipinski definition) is 0. The minimum Gasteiger partial charge on any atom is -0.462 e. The molecule has 0 spiro atoms. The molecule has 0 aliphatic rings. The first-order chi connectivity index (χ1) is 11.1. The van der Waals surface area contributed by atoms with E-state index in [1.54, 1.807) is 31.2 Å². The van der Waals surface area contributed by atoms with E-state index in [0.29, 0.717) is 22.0 Å². The fraction of sp³-hybridized carbons (Fsp3) is 0.111. The highest BCUT2D eigenvalue weighted by atomic mass is 19.1. The summed E-state index contributed by atoms with van der Waals surface area (Å²) in [5, 5.41) is 0.941. The predicted molar refractivity (Wildman–Crippen MR) is 85.5 cm³/mol. The van der Waals surface area contributed by atoms with Crippen LogP contribution >= 0.6 is 0 Å². The van der Waals surface area contributed by atoms with E-state index in [1.165, 1.54) is 35.0 Å². The second-order valence-electron chi connectivity index (χ2n) is 4.96. The fourth-order valence-corrected chi connectivity index (χ4v) is 2.46. The molecule has 1 aromatic heterocycles. The number of nitrogens with zero attached hydrogens (tertiary/aromatic N) is 1. The minimum absolute atomic E-state index is 0.239. The van der Waals surface area contributed by atoms with Gasteiger partial charge in [-0.25, -0.2) is 9.18 Å². The maximum absolute atomic E-state index is 13.1. The Balaban J connectivity index is 2.31. The van der Waals surface area contributed by atoms with E-state index in [1.807, 2.05) is 0 Å². The van der Waals surface area contributed by atoms with E-state index in [4.69, 9.17) is 4.74 Å². The zero-order valence-electron chi connectivity index (χ0n) is 12.5. The summed E-state index contributed by atoms with van der Waals surface area (Å²) in [7, 11) is 0. The third kappa shape index (κ3) is 2.73. The Morgan fingerprint density at radius 3 is 2.39 bits per heavy atom. The highest BCUT2D eigenvalue weighted by molar-refractivity contribution is 6.04. The third-order valence-electron chi connectivity index (χ3n) is 3.52. The second-order valence-corrected chi connectivity index (χ2v) is 4.96. The lowest BCUT2D eigenvalue weighted by Crippen LogP contribution is -2.21. The number of hydrogen-bond acceptors (Lipinski definition) is 3. The topological polar surface area (TPSA) is 48.3 Å². The predicted octanol–water partition coefficient (Wildman–Crippen LogP) is 3.31. The van der Waals surface area contributed by atoms with Crippen molar-refractivity contribution in [3.63, 3.8) is 0 Å². The van der Waals surface area contributed by atoms with Crippen LogP contribution in [0, 0.1) is 5.82 Å². The highest BCUT2D eigenvalue weighted by Gasteiger charge is 2.16. The van der Waals surface area contributed by atoms with Crippen molar-refractivity contribution in [1.29, 1.82) is 0 Å². The van der Waals surface area contributed by atoms with Gasteiger partial charge in [-0.1, -0.05) is 18.2 Å². The molecule has 116 valence electrons. The van der Waals surface area contributed by atoms with Crippen LogP contribution in [0.1, 0.15) is 17.3 Å². The van der Waals surface area contributed by atoms with Gasteiger partial charge in [-0.2, -0.15) is 0 Å². The van der Waals surface area contributed by atoms with Crippen molar-refractivity contribution in [3.8, 4) is 5.69 Å². The molecule has 2 aromatic carbocycles. The molecule has 0 unspecified atom stereocenters. The molecule has 0 saturated carbocycles. The van der Waals surface area contributed by atoms with Gasteiger partial charge in [0.15, 0.2) is 0 Å². The van der Waals surface area contributed by atoms with Gasteiger partial charge in [-0.05, 0) is 37.3 Å². The summed E-state index contributed by atoms with van der Waals surface area (Å²) >= 11 is 0. The largest absolute Gasteiger partial charge is 0.462 e. The molecule has 0 fully saturated rings. The number of fused-ring (bicyclic) bond motifs is 1. The average Bonchev–Trinajstić information content (AvgIpc) is 2.57. The zero-order valence-corrected chi connectivity index (χ0v) is 12.5. The summed E-state index contributed by atoms with van der Waals surface area (Å²) in [5.74, 6) is -0.896. The quantitative estimate of drug-likeness (QED) is 0.697. The molecule has 5 heteroatoms. The van der Waals surface area contributed by atoms with Gasteiger partial charge in [0.25, 0.3) is 5.56 Å². The van der Waals surface area contributed by atoms with Gasteiger partial charge in [0.1, 0.15) is 5.82 Å². The number of esters is 1. The van der Waals surface area contributed by atoms with Crippen molar-refractivity contribution in [2.45, 2.75) is 6.92 Å². The van der Waals surface area contributed by atoms with Gasteiger partial charge in [0.2, 0.25) is 0 Å². The first-order valence-electron chi connectivity index (χ1n) is 7.19. The van der Waals surface area contributed by atoms with Crippen molar-refractivity contribution in [3.05, 3.63) is 76.5 Å². The molecular weight excluding hydrogens is 297 g/mol. The Morgan fingerprint density at radius 2 is 1.74 bits per heavy atom. The molecule has 1 heterocycles. The Kier molecular flexibility index (Phi) is 3.93. The first kappa shape index (κ1) is 15.0. The van der Waals surface area contributed by atoms with Gasteiger partial charge in [0, 0.05) is 22.7 Å². The van der Waals surface area contributed by atoms with E-state index in [2.05, 4.69) is 0 Å². The third-order valence-corrected chi connectivity index (χ3v) is 3.52. The van der Waals surface area contributed by atoms with Gasteiger partial charge in [0.05, 0.1) is 12.2 Å². The minimum atomic E-state index is -0.500. The summed E-state index contributed by atoms with van der Waals surface area (Å²) in [6.07, 6.45) is 1.44. The van der Waals surface area contributed by atoms with E-state index >= 15 is 0 Å². The summed E-state index contributed by atoms with van der Waals surface area (Å²) in [5.41, 5.74) is 0.499. The van der Waals surface area contributed by atoms with E-state index in [9.17, 15) is 14.0 Å². The normalized spacial score (nSPS) is 10.7. The van der Waals surface area contributed by atoms with E-state index in [-0.39, 0.29) is 12.2 Å². The summed E-state index contributed by atoms with van der Waals surface area (Å²) in [4.78, 5) is 24.9. The average molecular weight is 311 g/mol. The molecule has 3 rings (SSSR count). The maximum Gasteiger partial charge on any atom is 0.340 e. The van der Waals surface area contributed by atoms with Gasteiger partial charge in [-0.15, -0.1) is 0 Å². The van der Waals surface area contributed by atoms with E-state index < -0.39 is 11.8 Å². The molecule has 23 heavy (non-hydrogen) atoms. The molecule has 0 saturated heterocycles. The number of carbonyl (C=O) groups excluding carboxylic acids is 1. The number of ether oxygens (including phenoxy) is 1. The molecule has 0 bridgehead atoms. The lowest BCUT2D eigenvalue weighted by Gasteiger charge is -2.11. The lowest BCUT2D eigenvalue weighted by molar-refractivity contribution is 0.0528. The Labute approximate surface area is 131 Å². The molecule has 0 amide bonds. The van der Waals surface area contributed by atoms with Crippen LogP contribution in [-0.2, 0) is 4.74 Å². The van der Waals surface area contributed by atoms with Crippen LogP contribution in [0.25, 0.3) is 16.5 Å². The number of pyridine rings is 1. The number of benzene rings is 2. The first-order valence-corrected chi connectivity index (χ1v) is 7.19. The van der Waals surface area contributed by atoms with E-state index in [0.717, 1.165) is 0 Å². The highest BCUT2D eigenvalue weighted by Crippen LogP contribution is 2.18. The molecule has 0 radical (unpaired) electrons. The number of rotatable bonds is 3. The van der Waals surface area contributed by atoms with Crippen LogP contribution in [0.15, 0.2) is 59.5 Å².